The summed E-state index contributed by atoms with van der Waals surface area (Å²) in [5, 5.41) is 1.48. The van der Waals surface area contributed by atoms with Gasteiger partial charge in [0.05, 0.1) is 28.8 Å². The molecule has 0 aliphatic rings. The number of para-hydroxylation sites is 1. The van der Waals surface area contributed by atoms with Gasteiger partial charge in [-0.2, -0.15) is 0 Å². The van der Waals surface area contributed by atoms with Crippen LogP contribution in [0.2, 0.25) is 0 Å². The van der Waals surface area contributed by atoms with E-state index in [2.05, 4.69) is 9.72 Å². The number of hydrogen-bond acceptors (Lipinski definition) is 5. The highest BCUT2D eigenvalue weighted by atomic mass is 32.2. The number of benzene rings is 2. The molecule has 0 aliphatic heterocycles. The highest BCUT2D eigenvalue weighted by Gasteiger charge is 2.11. The number of aromatic nitrogens is 1. The lowest BCUT2D eigenvalue weighted by Crippen LogP contribution is -2.12. The van der Waals surface area contributed by atoms with Gasteiger partial charge in [-0.3, -0.25) is 4.79 Å². The summed E-state index contributed by atoms with van der Waals surface area (Å²) >= 11 is 1.50. The summed E-state index contributed by atoms with van der Waals surface area (Å²) in [4.78, 5) is 27.7. The quantitative estimate of drug-likeness (QED) is 0.562. The van der Waals surface area contributed by atoms with Crippen LogP contribution in [0, 0.1) is 0 Å². The molecule has 0 spiro atoms. The molecule has 3 rings (SSSR count). The molecule has 1 amide bonds. The molecule has 0 fully saturated rings. The van der Waals surface area contributed by atoms with Gasteiger partial charge in [-0.25, -0.2) is 9.78 Å². The minimum absolute atomic E-state index is 0.360. The monoisotopic (exact) mass is 352 g/mol. The lowest BCUT2D eigenvalue weighted by atomic mass is 10.1. The van der Waals surface area contributed by atoms with Crippen molar-refractivity contribution in [3.63, 3.8) is 0 Å². The predicted octanol–water partition coefficient (Wildman–Crippen LogP) is 3.41. The van der Waals surface area contributed by atoms with E-state index in [4.69, 9.17) is 5.73 Å². The van der Waals surface area contributed by atoms with Crippen LogP contribution in [0.5, 0.6) is 0 Å². The minimum atomic E-state index is -0.470. The highest BCUT2D eigenvalue weighted by molar-refractivity contribution is 7.98. The lowest BCUT2D eigenvalue weighted by molar-refractivity contribution is 0.0600. The summed E-state index contributed by atoms with van der Waals surface area (Å²) < 4.78 is 4.68. The molecule has 0 unspecified atom stereocenters. The summed E-state index contributed by atoms with van der Waals surface area (Å²) in [5.74, 6) is -0.172. The van der Waals surface area contributed by atoms with Gasteiger partial charge in [0, 0.05) is 11.1 Å². The second-order valence-electron chi connectivity index (χ2n) is 5.37. The molecular formula is C19H16N2O3S. The smallest absolute Gasteiger partial charge is 0.337 e. The van der Waals surface area contributed by atoms with Gasteiger partial charge < -0.3 is 10.5 Å². The van der Waals surface area contributed by atoms with Crippen LogP contribution in [0.1, 0.15) is 26.3 Å². The van der Waals surface area contributed by atoms with E-state index in [-0.39, 0.29) is 5.97 Å². The molecule has 0 bridgehead atoms. The zero-order chi connectivity index (χ0) is 17.8. The number of nitrogens with two attached hydrogens (primary N) is 1. The molecule has 0 saturated heterocycles. The molecule has 0 saturated carbocycles. The van der Waals surface area contributed by atoms with E-state index in [0.717, 1.165) is 21.5 Å². The van der Waals surface area contributed by atoms with Crippen LogP contribution in [-0.4, -0.2) is 24.0 Å². The van der Waals surface area contributed by atoms with Gasteiger partial charge in [0.2, 0.25) is 5.91 Å². The Kier molecular flexibility index (Phi) is 5.00. The van der Waals surface area contributed by atoms with Crippen molar-refractivity contribution in [2.75, 3.05) is 7.11 Å². The van der Waals surface area contributed by atoms with Crippen LogP contribution in [0.3, 0.4) is 0 Å². The van der Waals surface area contributed by atoms with Crippen molar-refractivity contribution in [2.45, 2.75) is 10.8 Å². The highest BCUT2D eigenvalue weighted by Crippen LogP contribution is 2.26. The number of pyridine rings is 1. The van der Waals surface area contributed by atoms with Gasteiger partial charge >= 0.3 is 5.97 Å². The molecule has 3 aromatic rings. The Hall–Kier alpha value is -2.86. The zero-order valence-electron chi connectivity index (χ0n) is 13.6. The second kappa shape index (κ2) is 7.36. The third kappa shape index (κ3) is 3.80. The van der Waals surface area contributed by atoms with Crippen molar-refractivity contribution in [3.8, 4) is 0 Å². The molecule has 2 N–H and O–H groups in total. The fourth-order valence-electron chi connectivity index (χ4n) is 2.44. The van der Waals surface area contributed by atoms with E-state index in [1.165, 1.54) is 18.9 Å². The van der Waals surface area contributed by atoms with E-state index in [1.807, 2.05) is 36.4 Å². The zero-order valence-corrected chi connectivity index (χ0v) is 14.4. The molecule has 1 aromatic heterocycles. The number of rotatable bonds is 5. The molecule has 2 aromatic carbocycles. The number of hydrogen-bond donors (Lipinski definition) is 1. The fraction of sp³-hybridized carbons (Fsp3) is 0.105. The Morgan fingerprint density at radius 3 is 2.52 bits per heavy atom. The Labute approximate surface area is 149 Å². The van der Waals surface area contributed by atoms with E-state index in [9.17, 15) is 9.59 Å². The number of methoxy groups -OCH3 is 1. The molecule has 0 atom stereocenters. The van der Waals surface area contributed by atoms with Crippen molar-refractivity contribution in [1.82, 2.24) is 4.98 Å². The van der Waals surface area contributed by atoms with Gasteiger partial charge in [0.1, 0.15) is 0 Å². The van der Waals surface area contributed by atoms with Gasteiger partial charge in [-0.05, 0) is 29.8 Å². The van der Waals surface area contributed by atoms with E-state index in [0.29, 0.717) is 16.9 Å². The van der Waals surface area contributed by atoms with Crippen LogP contribution in [-0.2, 0) is 10.5 Å². The molecule has 0 radical (unpaired) electrons. The van der Waals surface area contributed by atoms with Crippen LogP contribution in [0.25, 0.3) is 10.9 Å². The summed E-state index contributed by atoms with van der Waals surface area (Å²) in [6.07, 6.45) is 0. The van der Waals surface area contributed by atoms with Crippen LogP contribution >= 0.6 is 11.8 Å². The SMILES string of the molecule is COC(=O)c1ccc(CSc2cc(C(N)=O)c3ccccc3n2)cc1. The van der Waals surface area contributed by atoms with Crippen LogP contribution < -0.4 is 5.73 Å². The Morgan fingerprint density at radius 1 is 1.12 bits per heavy atom. The van der Waals surface area contributed by atoms with Crippen molar-refractivity contribution in [2.24, 2.45) is 5.73 Å². The Morgan fingerprint density at radius 2 is 1.84 bits per heavy atom. The summed E-state index contributed by atoms with van der Waals surface area (Å²) in [5.41, 5.74) is 8.25. The van der Waals surface area contributed by atoms with Crippen LogP contribution in [0.15, 0.2) is 59.6 Å². The number of esters is 1. The minimum Gasteiger partial charge on any atom is -0.465 e. The van der Waals surface area contributed by atoms with Gasteiger partial charge in [0.25, 0.3) is 0 Å². The average Bonchev–Trinajstić information content (AvgIpc) is 2.65. The molecule has 126 valence electrons. The number of thioether (sulfide) groups is 1. The topological polar surface area (TPSA) is 82.3 Å². The number of carbonyl (C=O) groups is 2. The maximum absolute atomic E-state index is 11.7. The molecule has 1 heterocycles. The molecular weight excluding hydrogens is 336 g/mol. The van der Waals surface area contributed by atoms with Gasteiger partial charge in [-0.15, -0.1) is 11.8 Å². The van der Waals surface area contributed by atoms with Crippen molar-refractivity contribution in [1.29, 1.82) is 0 Å². The number of nitrogens with zero attached hydrogens (tertiary/aromatic N) is 1. The molecule has 0 aliphatic carbocycles. The van der Waals surface area contributed by atoms with Crippen molar-refractivity contribution >= 4 is 34.5 Å². The normalized spacial score (nSPS) is 10.6. The maximum atomic E-state index is 11.7. The molecule has 5 nitrogen and oxygen atoms in total. The molecule has 6 heteroatoms. The Bertz CT molecular complexity index is 939. The Balaban J connectivity index is 1.81. The molecule has 25 heavy (non-hydrogen) atoms. The average molecular weight is 352 g/mol. The number of ether oxygens (including phenoxy) is 1. The summed E-state index contributed by atoms with van der Waals surface area (Å²) in [6, 6.07) is 16.3. The van der Waals surface area contributed by atoms with Gasteiger partial charge in [-0.1, -0.05) is 30.3 Å². The third-order valence-corrected chi connectivity index (χ3v) is 4.70. The maximum Gasteiger partial charge on any atom is 0.337 e. The van der Waals surface area contributed by atoms with Crippen molar-refractivity contribution < 1.29 is 14.3 Å². The van der Waals surface area contributed by atoms with E-state index < -0.39 is 5.91 Å². The number of amides is 1. The largest absolute Gasteiger partial charge is 0.465 e. The number of fused-ring (bicyclic) bond motifs is 1. The second-order valence-corrected chi connectivity index (χ2v) is 6.36. The van der Waals surface area contributed by atoms with Crippen LogP contribution in [0.4, 0.5) is 0 Å². The predicted molar refractivity (Wildman–Crippen MR) is 97.6 cm³/mol. The first-order valence-electron chi connectivity index (χ1n) is 7.58. The van der Waals surface area contributed by atoms with Crippen molar-refractivity contribution in [3.05, 3.63) is 71.3 Å². The first-order valence-corrected chi connectivity index (χ1v) is 8.56. The fourth-order valence-corrected chi connectivity index (χ4v) is 3.31. The third-order valence-electron chi connectivity index (χ3n) is 3.72. The van der Waals surface area contributed by atoms with Gasteiger partial charge in [0.15, 0.2) is 0 Å². The summed E-state index contributed by atoms with van der Waals surface area (Å²) in [6.45, 7) is 0. The van der Waals surface area contributed by atoms with E-state index >= 15 is 0 Å². The van der Waals surface area contributed by atoms with E-state index in [1.54, 1.807) is 18.2 Å². The lowest BCUT2D eigenvalue weighted by Gasteiger charge is -2.07. The number of primary amides is 1. The number of carbonyl (C=O) groups excluding carboxylic acids is 2. The first-order chi connectivity index (χ1) is 12.1. The first kappa shape index (κ1) is 17.0. The standard InChI is InChI=1S/C19H16N2O3S/c1-24-19(23)13-8-6-12(7-9-13)11-25-17-10-15(18(20)22)14-4-2-3-5-16(14)21-17/h2-10H,11H2,1H3,(H2,20,22). The summed E-state index contributed by atoms with van der Waals surface area (Å²) in [7, 11) is 1.35.